The normalized spacial score (nSPS) is 11.9. The fourth-order valence-corrected chi connectivity index (χ4v) is 0.736. The summed E-state index contributed by atoms with van der Waals surface area (Å²) >= 11 is 0. The van der Waals surface area contributed by atoms with Crippen molar-refractivity contribution in [2.24, 2.45) is 0 Å². The quantitative estimate of drug-likeness (QED) is 0.692. The summed E-state index contributed by atoms with van der Waals surface area (Å²) in [4.78, 5) is 21.8. The molecule has 0 fully saturated rings. The highest BCUT2D eigenvalue weighted by Gasteiger charge is 2.13. The molecule has 0 aliphatic heterocycles. The second-order valence-electron chi connectivity index (χ2n) is 2.41. The zero-order valence-electron chi connectivity index (χ0n) is 7.72. The molecule has 1 amide bonds. The van der Waals surface area contributed by atoms with E-state index in [-0.39, 0.29) is 5.78 Å². The Bertz CT molecular complexity index is 168. The third-order valence-corrected chi connectivity index (χ3v) is 1.44. The van der Waals surface area contributed by atoms with E-state index < -0.39 is 12.1 Å². The zero-order chi connectivity index (χ0) is 9.56. The lowest BCUT2D eigenvalue weighted by Crippen LogP contribution is -2.38. The summed E-state index contributed by atoms with van der Waals surface area (Å²) in [5.41, 5.74) is 0. The fraction of sp³-hybridized carbons (Fsp3) is 0.750. The minimum absolute atomic E-state index is 0.00283. The average molecular weight is 173 g/mol. The highest BCUT2D eigenvalue weighted by atomic mass is 16.5. The van der Waals surface area contributed by atoms with E-state index in [1.54, 1.807) is 20.8 Å². The van der Waals surface area contributed by atoms with Gasteiger partial charge in [-0.05, 0) is 13.8 Å². The predicted molar refractivity (Wildman–Crippen MR) is 44.9 cm³/mol. The molecule has 0 saturated carbocycles. The number of carbonyl (C=O) groups is 2. The lowest BCUT2D eigenvalue weighted by molar-refractivity contribution is -0.120. The van der Waals surface area contributed by atoms with Gasteiger partial charge in [0.1, 0.15) is 0 Å². The van der Waals surface area contributed by atoms with Gasteiger partial charge in [-0.3, -0.25) is 4.79 Å². The van der Waals surface area contributed by atoms with Crippen molar-refractivity contribution in [1.29, 1.82) is 0 Å². The van der Waals surface area contributed by atoms with E-state index in [1.165, 1.54) is 0 Å². The number of amides is 1. The fourth-order valence-electron chi connectivity index (χ4n) is 0.736. The number of alkyl carbamates (subject to hydrolysis) is 1. The number of Topliss-reactive ketones (excluding diaryl/α,β-unsaturated/α-hetero) is 1. The van der Waals surface area contributed by atoms with Gasteiger partial charge in [0.05, 0.1) is 12.6 Å². The summed E-state index contributed by atoms with van der Waals surface area (Å²) in [6.07, 6.45) is -0.111. The highest BCUT2D eigenvalue weighted by Crippen LogP contribution is 1.90. The third kappa shape index (κ3) is 3.95. The van der Waals surface area contributed by atoms with Crippen molar-refractivity contribution in [3.05, 3.63) is 0 Å². The summed E-state index contributed by atoms with van der Waals surface area (Å²) < 4.78 is 4.60. The molecule has 1 atom stereocenters. The van der Waals surface area contributed by atoms with Crippen LogP contribution in [0.15, 0.2) is 0 Å². The van der Waals surface area contributed by atoms with Gasteiger partial charge in [0.25, 0.3) is 0 Å². The van der Waals surface area contributed by atoms with E-state index in [9.17, 15) is 9.59 Å². The zero-order valence-corrected chi connectivity index (χ0v) is 7.72. The number of rotatable bonds is 4. The molecule has 70 valence electrons. The Morgan fingerprint density at radius 2 is 2.00 bits per heavy atom. The lowest BCUT2D eigenvalue weighted by atomic mass is 10.2. The van der Waals surface area contributed by atoms with Crippen molar-refractivity contribution in [2.45, 2.75) is 33.2 Å². The van der Waals surface area contributed by atoms with Crippen LogP contribution in [-0.4, -0.2) is 24.5 Å². The standard InChI is InChI=1S/C8H15NO3/c1-4-7(10)6(3)9-8(11)12-5-2/h6H,4-5H2,1-3H3,(H,9,11)/t6-/m1/s1. The molecule has 12 heavy (non-hydrogen) atoms. The van der Waals surface area contributed by atoms with Gasteiger partial charge in [-0.25, -0.2) is 4.79 Å². The number of hydrogen-bond acceptors (Lipinski definition) is 3. The molecule has 4 heteroatoms. The monoisotopic (exact) mass is 173 g/mol. The first-order valence-corrected chi connectivity index (χ1v) is 4.07. The number of ether oxygens (including phenoxy) is 1. The molecule has 0 unspecified atom stereocenters. The second kappa shape index (κ2) is 5.57. The maximum Gasteiger partial charge on any atom is 0.407 e. The van der Waals surface area contributed by atoms with Crippen molar-refractivity contribution in [3.63, 3.8) is 0 Å². The number of ketones is 1. The molecule has 0 aromatic carbocycles. The highest BCUT2D eigenvalue weighted by molar-refractivity contribution is 5.86. The van der Waals surface area contributed by atoms with Crippen molar-refractivity contribution in [1.82, 2.24) is 5.32 Å². The Balaban J connectivity index is 3.75. The van der Waals surface area contributed by atoms with E-state index in [0.29, 0.717) is 13.0 Å². The molecule has 0 saturated heterocycles. The number of hydrogen-bond donors (Lipinski definition) is 1. The van der Waals surface area contributed by atoms with Crippen molar-refractivity contribution in [3.8, 4) is 0 Å². The van der Waals surface area contributed by atoms with Gasteiger partial charge in [-0.15, -0.1) is 0 Å². The first kappa shape index (κ1) is 10.9. The summed E-state index contributed by atoms with van der Waals surface area (Å²) in [6, 6.07) is -0.450. The molecule has 1 N–H and O–H groups in total. The van der Waals surface area contributed by atoms with Gasteiger partial charge < -0.3 is 10.1 Å². The smallest absolute Gasteiger partial charge is 0.407 e. The third-order valence-electron chi connectivity index (χ3n) is 1.44. The Morgan fingerprint density at radius 1 is 1.42 bits per heavy atom. The van der Waals surface area contributed by atoms with E-state index in [0.717, 1.165) is 0 Å². The molecule has 0 aromatic rings. The van der Waals surface area contributed by atoms with Crippen LogP contribution in [0.25, 0.3) is 0 Å². The van der Waals surface area contributed by atoms with E-state index in [1.807, 2.05) is 0 Å². The maximum absolute atomic E-state index is 11.0. The largest absolute Gasteiger partial charge is 0.450 e. The first-order chi connectivity index (χ1) is 5.61. The molecule has 0 bridgehead atoms. The summed E-state index contributed by atoms with van der Waals surface area (Å²) in [6.45, 7) is 5.43. The number of carbonyl (C=O) groups excluding carboxylic acids is 2. The van der Waals surface area contributed by atoms with Crippen molar-refractivity contribution < 1.29 is 14.3 Å². The van der Waals surface area contributed by atoms with Crippen LogP contribution >= 0.6 is 0 Å². The van der Waals surface area contributed by atoms with Gasteiger partial charge in [0, 0.05) is 6.42 Å². The Labute approximate surface area is 72.3 Å². The van der Waals surface area contributed by atoms with Gasteiger partial charge in [0.2, 0.25) is 0 Å². The van der Waals surface area contributed by atoms with Crippen LogP contribution in [0.2, 0.25) is 0 Å². The number of nitrogens with one attached hydrogen (secondary N) is 1. The molecule has 0 heterocycles. The van der Waals surface area contributed by atoms with Gasteiger partial charge in [-0.1, -0.05) is 6.92 Å². The Morgan fingerprint density at radius 3 is 2.42 bits per heavy atom. The van der Waals surface area contributed by atoms with E-state index >= 15 is 0 Å². The van der Waals surface area contributed by atoms with Crippen LogP contribution in [-0.2, 0) is 9.53 Å². The Hall–Kier alpha value is -1.06. The van der Waals surface area contributed by atoms with E-state index in [2.05, 4.69) is 10.1 Å². The lowest BCUT2D eigenvalue weighted by Gasteiger charge is -2.10. The maximum atomic E-state index is 11.0. The molecular weight excluding hydrogens is 158 g/mol. The van der Waals surface area contributed by atoms with Crippen LogP contribution in [0.5, 0.6) is 0 Å². The summed E-state index contributed by atoms with van der Waals surface area (Å²) in [5, 5.41) is 2.42. The summed E-state index contributed by atoms with van der Waals surface area (Å²) in [5.74, 6) is 0.00283. The van der Waals surface area contributed by atoms with Crippen LogP contribution in [0.1, 0.15) is 27.2 Å². The van der Waals surface area contributed by atoms with Crippen LogP contribution in [0.4, 0.5) is 4.79 Å². The molecule has 0 aliphatic rings. The Kier molecular flexibility index (Phi) is 5.08. The van der Waals surface area contributed by atoms with E-state index in [4.69, 9.17) is 0 Å². The molecule has 0 rings (SSSR count). The first-order valence-electron chi connectivity index (χ1n) is 4.07. The SMILES string of the molecule is CCOC(=O)N[C@H](C)C(=O)CC. The minimum Gasteiger partial charge on any atom is -0.450 e. The topological polar surface area (TPSA) is 55.4 Å². The van der Waals surface area contributed by atoms with Crippen molar-refractivity contribution in [2.75, 3.05) is 6.61 Å². The molecule has 0 spiro atoms. The molecule has 0 aromatic heterocycles. The minimum atomic E-state index is -0.535. The van der Waals surface area contributed by atoms with Crippen molar-refractivity contribution >= 4 is 11.9 Å². The molecule has 0 aliphatic carbocycles. The van der Waals surface area contributed by atoms with Crippen LogP contribution < -0.4 is 5.32 Å². The second-order valence-corrected chi connectivity index (χ2v) is 2.41. The predicted octanol–water partition coefficient (Wildman–Crippen LogP) is 1.10. The average Bonchev–Trinajstić information content (AvgIpc) is 2.03. The summed E-state index contributed by atoms with van der Waals surface area (Å²) in [7, 11) is 0. The van der Waals surface area contributed by atoms with Crippen LogP contribution in [0.3, 0.4) is 0 Å². The van der Waals surface area contributed by atoms with Gasteiger partial charge in [-0.2, -0.15) is 0 Å². The molecule has 4 nitrogen and oxygen atoms in total. The van der Waals surface area contributed by atoms with Crippen LogP contribution in [0, 0.1) is 0 Å². The van der Waals surface area contributed by atoms with Gasteiger partial charge >= 0.3 is 6.09 Å². The molecule has 0 radical (unpaired) electrons. The molecular formula is C8H15NO3. The van der Waals surface area contributed by atoms with Gasteiger partial charge in [0.15, 0.2) is 5.78 Å².